The molecule has 2 N–H and O–H groups in total. The van der Waals surface area contributed by atoms with E-state index >= 15 is 0 Å². The number of aryl methyl sites for hydroxylation is 1. The van der Waals surface area contributed by atoms with Crippen molar-refractivity contribution < 1.29 is 23.8 Å². The number of hydrogen-bond acceptors (Lipinski definition) is 6. The summed E-state index contributed by atoms with van der Waals surface area (Å²) in [4.78, 5) is 28.3. The van der Waals surface area contributed by atoms with E-state index in [1.165, 1.54) is 0 Å². The number of carbonyl (C=O) groups is 2. The van der Waals surface area contributed by atoms with Gasteiger partial charge in [0.15, 0.2) is 17.3 Å². The van der Waals surface area contributed by atoms with Crippen LogP contribution in [0.2, 0.25) is 0 Å². The van der Waals surface area contributed by atoms with Gasteiger partial charge >= 0.3 is 5.97 Å². The Morgan fingerprint density at radius 2 is 1.86 bits per heavy atom. The van der Waals surface area contributed by atoms with Crippen molar-refractivity contribution in [1.29, 1.82) is 0 Å². The van der Waals surface area contributed by atoms with Crippen molar-refractivity contribution >= 4 is 11.8 Å². The minimum atomic E-state index is -0.454. The van der Waals surface area contributed by atoms with Crippen LogP contribution < -0.4 is 14.8 Å². The number of aromatic amines is 1. The standard InChI is InChI=1S/C22H28N2O5/c1-6-27-22(26)19-12(2)20(24-14(19)4)21(25)15(5)23-13(3)16-7-8-17-18(11-16)29-10-9-28-17/h7-8,11,13,15,23-24H,6,9-10H2,1-5H3/t13-,15+/m0/s1. The van der Waals surface area contributed by atoms with Gasteiger partial charge in [0.2, 0.25) is 0 Å². The molecule has 0 aliphatic carbocycles. The molecular weight excluding hydrogens is 372 g/mol. The van der Waals surface area contributed by atoms with Crippen molar-refractivity contribution in [2.75, 3.05) is 19.8 Å². The third-order valence-electron chi connectivity index (χ3n) is 5.12. The number of nitrogens with one attached hydrogen (secondary N) is 2. The molecule has 1 aliphatic heterocycles. The third kappa shape index (κ3) is 4.29. The number of rotatable bonds is 7. The van der Waals surface area contributed by atoms with E-state index in [0.717, 1.165) is 17.1 Å². The highest BCUT2D eigenvalue weighted by atomic mass is 16.6. The SMILES string of the molecule is CCOC(=O)c1c(C)[nH]c(C(=O)[C@@H](C)N[C@@H](C)c2ccc3c(c2)OCCO3)c1C. The lowest BCUT2D eigenvalue weighted by Crippen LogP contribution is -2.36. The predicted molar refractivity (Wildman–Crippen MR) is 109 cm³/mol. The first-order chi connectivity index (χ1) is 13.8. The number of ether oxygens (including phenoxy) is 3. The first-order valence-corrected chi connectivity index (χ1v) is 9.89. The van der Waals surface area contributed by atoms with Crippen molar-refractivity contribution in [2.45, 2.75) is 46.7 Å². The van der Waals surface area contributed by atoms with E-state index in [1.807, 2.05) is 32.0 Å². The van der Waals surface area contributed by atoms with Crippen LogP contribution in [-0.2, 0) is 4.74 Å². The van der Waals surface area contributed by atoms with Gasteiger partial charge in [0.05, 0.1) is 23.9 Å². The number of fused-ring (bicyclic) bond motifs is 1. The number of H-pyrrole nitrogens is 1. The number of esters is 1. The lowest BCUT2D eigenvalue weighted by molar-refractivity contribution is 0.0525. The Morgan fingerprint density at radius 3 is 2.55 bits per heavy atom. The normalized spacial score (nSPS) is 14.9. The average molecular weight is 400 g/mol. The Bertz CT molecular complexity index is 918. The summed E-state index contributed by atoms with van der Waals surface area (Å²) in [6.45, 7) is 10.5. The molecule has 156 valence electrons. The number of hydrogen-bond donors (Lipinski definition) is 2. The monoisotopic (exact) mass is 400 g/mol. The van der Waals surface area contributed by atoms with E-state index in [9.17, 15) is 9.59 Å². The lowest BCUT2D eigenvalue weighted by atomic mass is 10.0. The van der Waals surface area contributed by atoms with E-state index in [2.05, 4.69) is 10.3 Å². The Balaban J connectivity index is 1.74. The summed E-state index contributed by atoms with van der Waals surface area (Å²) in [5.41, 5.74) is 3.12. The van der Waals surface area contributed by atoms with Crippen LogP contribution in [0, 0.1) is 13.8 Å². The molecule has 7 nitrogen and oxygen atoms in total. The fourth-order valence-electron chi connectivity index (χ4n) is 3.60. The molecule has 1 aliphatic rings. The Kier molecular flexibility index (Phi) is 6.27. The van der Waals surface area contributed by atoms with Gasteiger partial charge in [0, 0.05) is 11.7 Å². The number of Topliss-reactive ketones (excluding diaryl/α,β-unsaturated/α-hetero) is 1. The smallest absolute Gasteiger partial charge is 0.340 e. The molecule has 0 unspecified atom stereocenters. The summed E-state index contributed by atoms with van der Waals surface area (Å²) in [7, 11) is 0. The molecule has 7 heteroatoms. The largest absolute Gasteiger partial charge is 0.486 e. The number of benzene rings is 1. The summed E-state index contributed by atoms with van der Waals surface area (Å²) in [6.07, 6.45) is 0. The highest BCUT2D eigenvalue weighted by molar-refractivity contribution is 6.03. The van der Waals surface area contributed by atoms with Crippen LogP contribution in [0.4, 0.5) is 0 Å². The molecule has 0 spiro atoms. The first kappa shape index (κ1) is 20.9. The summed E-state index contributed by atoms with van der Waals surface area (Å²) >= 11 is 0. The molecule has 0 radical (unpaired) electrons. The summed E-state index contributed by atoms with van der Waals surface area (Å²) in [5, 5.41) is 3.33. The second kappa shape index (κ2) is 8.69. The minimum absolute atomic E-state index is 0.0781. The molecule has 2 aromatic rings. The summed E-state index contributed by atoms with van der Waals surface area (Å²) in [6, 6.07) is 5.26. The second-order valence-electron chi connectivity index (χ2n) is 7.22. The number of carbonyl (C=O) groups excluding carboxylic acids is 2. The summed E-state index contributed by atoms with van der Waals surface area (Å²) in [5.74, 6) is 0.935. The highest BCUT2D eigenvalue weighted by Crippen LogP contribution is 2.32. The quantitative estimate of drug-likeness (QED) is 0.546. The minimum Gasteiger partial charge on any atom is -0.486 e. The molecule has 3 rings (SSSR count). The first-order valence-electron chi connectivity index (χ1n) is 9.89. The van der Waals surface area contributed by atoms with E-state index in [-0.39, 0.29) is 18.4 Å². The van der Waals surface area contributed by atoms with Gasteiger partial charge in [-0.05, 0) is 57.9 Å². The van der Waals surface area contributed by atoms with Gasteiger partial charge in [-0.1, -0.05) is 6.07 Å². The fourth-order valence-corrected chi connectivity index (χ4v) is 3.60. The van der Waals surface area contributed by atoms with Gasteiger partial charge in [-0.2, -0.15) is 0 Å². The van der Waals surface area contributed by atoms with Crippen LogP contribution in [0.15, 0.2) is 18.2 Å². The van der Waals surface area contributed by atoms with E-state index in [0.29, 0.717) is 35.7 Å². The lowest BCUT2D eigenvalue weighted by Gasteiger charge is -2.23. The molecule has 0 saturated heterocycles. The molecule has 2 heterocycles. The van der Waals surface area contributed by atoms with Crippen molar-refractivity contribution in [2.24, 2.45) is 0 Å². The van der Waals surface area contributed by atoms with Gasteiger partial charge in [0.25, 0.3) is 0 Å². The van der Waals surface area contributed by atoms with Gasteiger partial charge in [-0.3, -0.25) is 4.79 Å². The van der Waals surface area contributed by atoms with Gasteiger partial charge < -0.3 is 24.5 Å². The summed E-state index contributed by atoms with van der Waals surface area (Å²) < 4.78 is 16.3. The van der Waals surface area contributed by atoms with Crippen molar-refractivity contribution in [3.05, 3.63) is 46.3 Å². The predicted octanol–water partition coefficient (Wildman–Crippen LogP) is 3.50. The molecule has 0 saturated carbocycles. The maximum Gasteiger partial charge on any atom is 0.340 e. The molecule has 2 atom stereocenters. The van der Waals surface area contributed by atoms with E-state index in [4.69, 9.17) is 14.2 Å². The van der Waals surface area contributed by atoms with Crippen LogP contribution in [-0.4, -0.2) is 42.6 Å². The molecule has 29 heavy (non-hydrogen) atoms. The van der Waals surface area contributed by atoms with Gasteiger partial charge in [-0.15, -0.1) is 0 Å². The van der Waals surface area contributed by atoms with Gasteiger partial charge in [0.1, 0.15) is 13.2 Å². The molecule has 0 bridgehead atoms. The zero-order chi connectivity index (χ0) is 21.1. The Hall–Kier alpha value is -2.80. The second-order valence-corrected chi connectivity index (χ2v) is 7.22. The molecule has 0 amide bonds. The van der Waals surface area contributed by atoms with Crippen molar-refractivity contribution in [1.82, 2.24) is 10.3 Å². The maximum absolute atomic E-state index is 13.0. The number of aromatic nitrogens is 1. The fraction of sp³-hybridized carbons (Fsp3) is 0.455. The molecule has 1 aromatic carbocycles. The average Bonchev–Trinajstić information content (AvgIpc) is 3.01. The Morgan fingerprint density at radius 1 is 1.17 bits per heavy atom. The Labute approximate surface area is 170 Å². The zero-order valence-electron chi connectivity index (χ0n) is 17.5. The van der Waals surface area contributed by atoms with Crippen molar-refractivity contribution in [3.8, 4) is 11.5 Å². The van der Waals surface area contributed by atoms with E-state index < -0.39 is 12.0 Å². The van der Waals surface area contributed by atoms with Crippen LogP contribution in [0.3, 0.4) is 0 Å². The van der Waals surface area contributed by atoms with Crippen LogP contribution in [0.5, 0.6) is 11.5 Å². The maximum atomic E-state index is 13.0. The van der Waals surface area contributed by atoms with Crippen molar-refractivity contribution in [3.63, 3.8) is 0 Å². The third-order valence-corrected chi connectivity index (χ3v) is 5.12. The zero-order valence-corrected chi connectivity index (χ0v) is 17.5. The van der Waals surface area contributed by atoms with Crippen LogP contribution >= 0.6 is 0 Å². The van der Waals surface area contributed by atoms with Gasteiger partial charge in [-0.25, -0.2) is 4.79 Å². The highest BCUT2D eigenvalue weighted by Gasteiger charge is 2.26. The van der Waals surface area contributed by atoms with Crippen LogP contribution in [0.1, 0.15) is 64.5 Å². The molecular formula is C22H28N2O5. The number of ketones is 1. The van der Waals surface area contributed by atoms with E-state index in [1.54, 1.807) is 20.8 Å². The topological polar surface area (TPSA) is 89.7 Å². The van der Waals surface area contributed by atoms with Crippen LogP contribution in [0.25, 0.3) is 0 Å². The molecule has 0 fully saturated rings. The molecule has 1 aromatic heterocycles.